The first-order chi connectivity index (χ1) is 14.3. The minimum atomic E-state index is -0.880. The predicted octanol–water partition coefficient (Wildman–Crippen LogP) is 5.80. The molecule has 0 atom stereocenters. The molecule has 2 aliphatic rings. The molecule has 5 nitrogen and oxygen atoms in total. The second-order valence-electron chi connectivity index (χ2n) is 8.08. The molecule has 1 aliphatic carbocycles. The van der Waals surface area contributed by atoms with Crippen molar-refractivity contribution in [3.63, 3.8) is 0 Å². The Morgan fingerprint density at radius 1 is 1.13 bits per heavy atom. The summed E-state index contributed by atoms with van der Waals surface area (Å²) in [6.45, 7) is 3.34. The highest BCUT2D eigenvalue weighted by Crippen LogP contribution is 2.46. The number of carbonyl (C=O) groups is 2. The molecule has 2 aromatic rings. The van der Waals surface area contributed by atoms with Crippen LogP contribution in [-0.4, -0.2) is 22.6 Å². The first kappa shape index (κ1) is 20.5. The number of nitrogens with one attached hydrogen (secondary N) is 1. The van der Waals surface area contributed by atoms with E-state index in [0.29, 0.717) is 29.1 Å². The highest BCUT2D eigenvalue weighted by Gasteiger charge is 2.49. The van der Waals surface area contributed by atoms with Crippen LogP contribution >= 0.6 is 11.6 Å². The van der Waals surface area contributed by atoms with Crippen LogP contribution in [0.1, 0.15) is 50.2 Å². The van der Waals surface area contributed by atoms with Gasteiger partial charge in [-0.2, -0.15) is 0 Å². The summed E-state index contributed by atoms with van der Waals surface area (Å²) in [4.78, 5) is 24.1. The normalized spacial score (nSPS) is 17.9. The molecule has 2 aromatic carbocycles. The van der Waals surface area contributed by atoms with Crippen LogP contribution in [-0.2, 0) is 14.3 Å². The first-order valence-corrected chi connectivity index (χ1v) is 10.5. The van der Waals surface area contributed by atoms with E-state index < -0.39 is 11.6 Å². The van der Waals surface area contributed by atoms with Crippen molar-refractivity contribution in [2.75, 3.05) is 5.32 Å². The lowest BCUT2D eigenvalue weighted by molar-refractivity contribution is -0.149. The smallest absolute Gasteiger partial charge is 0.343 e. The Hall–Kier alpha value is -2.79. The summed E-state index contributed by atoms with van der Waals surface area (Å²) >= 11 is 6.60. The summed E-state index contributed by atoms with van der Waals surface area (Å²) < 4.78 is 5.69. The van der Waals surface area contributed by atoms with Gasteiger partial charge in [-0.25, -0.2) is 4.79 Å². The summed E-state index contributed by atoms with van der Waals surface area (Å²) in [5, 5.41) is 14.2. The average Bonchev–Trinajstić information content (AvgIpc) is 2.93. The molecule has 1 heterocycles. The molecule has 30 heavy (non-hydrogen) atoms. The van der Waals surface area contributed by atoms with Crippen molar-refractivity contribution in [2.45, 2.75) is 51.6 Å². The molecule has 4 rings (SSSR count). The van der Waals surface area contributed by atoms with Gasteiger partial charge in [0.2, 0.25) is 5.91 Å². The quantitative estimate of drug-likeness (QED) is 0.609. The molecule has 0 radical (unpaired) electrons. The van der Waals surface area contributed by atoms with Gasteiger partial charge in [0.1, 0.15) is 5.57 Å². The lowest BCUT2D eigenvalue weighted by Crippen LogP contribution is -2.34. The van der Waals surface area contributed by atoms with Crippen LogP contribution in [0.15, 0.2) is 42.2 Å². The maximum atomic E-state index is 12.7. The lowest BCUT2D eigenvalue weighted by Gasteiger charge is -2.31. The van der Waals surface area contributed by atoms with Gasteiger partial charge < -0.3 is 15.2 Å². The van der Waals surface area contributed by atoms with Crippen molar-refractivity contribution < 1.29 is 19.4 Å². The van der Waals surface area contributed by atoms with Crippen LogP contribution < -0.4 is 5.32 Å². The zero-order valence-corrected chi connectivity index (χ0v) is 17.8. The molecule has 0 saturated heterocycles. The van der Waals surface area contributed by atoms with Gasteiger partial charge in [0.15, 0.2) is 11.4 Å². The largest absolute Gasteiger partial charge is 0.507 e. The third kappa shape index (κ3) is 3.58. The SMILES string of the molecule is CC(=O)Nc1cccc(-c2cc(C)c(C3=C(O)C4(CCCCC4)OC3=O)cc2Cl)c1. The third-order valence-corrected chi connectivity index (χ3v) is 6.21. The molecule has 1 amide bonds. The van der Waals surface area contributed by atoms with Crippen LogP contribution in [0.2, 0.25) is 5.02 Å². The summed E-state index contributed by atoms with van der Waals surface area (Å²) in [7, 11) is 0. The molecule has 0 aromatic heterocycles. The van der Waals surface area contributed by atoms with E-state index in [2.05, 4.69) is 5.32 Å². The fourth-order valence-electron chi connectivity index (χ4n) is 4.44. The minimum absolute atomic E-state index is 0.0340. The van der Waals surface area contributed by atoms with Crippen molar-refractivity contribution in [1.29, 1.82) is 0 Å². The third-order valence-electron chi connectivity index (χ3n) is 5.90. The highest BCUT2D eigenvalue weighted by molar-refractivity contribution is 6.34. The van der Waals surface area contributed by atoms with Gasteiger partial charge in [0, 0.05) is 23.2 Å². The van der Waals surface area contributed by atoms with Crippen LogP contribution in [0, 0.1) is 6.92 Å². The number of aliphatic hydroxyl groups is 1. The maximum Gasteiger partial charge on any atom is 0.343 e. The summed E-state index contributed by atoms with van der Waals surface area (Å²) in [6, 6.07) is 11.0. The Balaban J connectivity index is 1.75. The number of carbonyl (C=O) groups excluding carboxylic acids is 2. The minimum Gasteiger partial charge on any atom is -0.507 e. The summed E-state index contributed by atoms with van der Waals surface area (Å²) in [6.07, 6.45) is 4.23. The first-order valence-electron chi connectivity index (χ1n) is 10.2. The molecule has 1 fully saturated rings. The van der Waals surface area contributed by atoms with Crippen LogP contribution in [0.3, 0.4) is 0 Å². The van der Waals surface area contributed by atoms with Crippen molar-refractivity contribution in [3.05, 3.63) is 58.3 Å². The monoisotopic (exact) mass is 425 g/mol. The number of anilines is 1. The molecule has 1 aliphatic heterocycles. The Kier molecular flexibility index (Phi) is 5.33. The topological polar surface area (TPSA) is 75.6 Å². The number of amides is 1. The van der Waals surface area contributed by atoms with Gasteiger partial charge >= 0.3 is 5.97 Å². The van der Waals surface area contributed by atoms with E-state index in [1.54, 1.807) is 12.1 Å². The van der Waals surface area contributed by atoms with Gasteiger partial charge in [0.05, 0.1) is 0 Å². The standard InChI is InChI=1S/C24H24ClNO4/c1-14-11-19(16-7-6-8-17(12-16)26-15(2)27)20(25)13-18(14)21-22(28)24(30-23(21)29)9-4-3-5-10-24/h6-8,11-13,28H,3-5,9-10H2,1-2H3,(H,26,27). The molecule has 0 bridgehead atoms. The molecular weight excluding hydrogens is 402 g/mol. The number of hydrogen-bond acceptors (Lipinski definition) is 4. The van der Waals surface area contributed by atoms with Crippen molar-refractivity contribution in [1.82, 2.24) is 0 Å². The van der Waals surface area contributed by atoms with E-state index in [1.807, 2.05) is 31.2 Å². The van der Waals surface area contributed by atoms with Gasteiger partial charge in [-0.1, -0.05) is 30.2 Å². The zero-order chi connectivity index (χ0) is 21.5. The second kappa shape index (κ2) is 7.80. The number of rotatable bonds is 3. The van der Waals surface area contributed by atoms with Gasteiger partial charge in [-0.05, 0) is 73.6 Å². The molecule has 6 heteroatoms. The number of halogens is 1. The number of aryl methyl sites for hydroxylation is 1. The Morgan fingerprint density at radius 3 is 2.57 bits per heavy atom. The molecule has 1 spiro atoms. The number of hydrogen-bond donors (Lipinski definition) is 2. The van der Waals surface area contributed by atoms with E-state index in [0.717, 1.165) is 36.0 Å². The second-order valence-corrected chi connectivity index (χ2v) is 8.48. The zero-order valence-electron chi connectivity index (χ0n) is 17.0. The van der Waals surface area contributed by atoms with E-state index in [4.69, 9.17) is 16.3 Å². The van der Waals surface area contributed by atoms with Crippen molar-refractivity contribution >= 4 is 34.7 Å². The Labute approximate surface area is 180 Å². The number of esters is 1. The number of ether oxygens (including phenoxy) is 1. The van der Waals surface area contributed by atoms with Gasteiger partial charge in [0.25, 0.3) is 0 Å². The van der Waals surface area contributed by atoms with Crippen LogP contribution in [0.4, 0.5) is 5.69 Å². The maximum absolute atomic E-state index is 12.7. The van der Waals surface area contributed by atoms with E-state index in [1.165, 1.54) is 6.92 Å². The molecule has 156 valence electrons. The van der Waals surface area contributed by atoms with E-state index in [9.17, 15) is 14.7 Å². The molecule has 2 N–H and O–H groups in total. The predicted molar refractivity (Wildman–Crippen MR) is 117 cm³/mol. The Bertz CT molecular complexity index is 1070. The fraction of sp³-hybridized carbons (Fsp3) is 0.333. The molecular formula is C24H24ClNO4. The molecule has 1 saturated carbocycles. The summed E-state index contributed by atoms with van der Waals surface area (Å²) in [5.74, 6) is -0.607. The highest BCUT2D eigenvalue weighted by atomic mass is 35.5. The van der Waals surface area contributed by atoms with Crippen LogP contribution in [0.5, 0.6) is 0 Å². The molecule has 0 unspecified atom stereocenters. The average molecular weight is 426 g/mol. The van der Waals surface area contributed by atoms with Crippen molar-refractivity contribution in [2.24, 2.45) is 0 Å². The number of benzene rings is 2. The van der Waals surface area contributed by atoms with E-state index >= 15 is 0 Å². The van der Waals surface area contributed by atoms with Gasteiger partial charge in [-0.15, -0.1) is 0 Å². The number of aliphatic hydroxyl groups excluding tert-OH is 1. The van der Waals surface area contributed by atoms with Gasteiger partial charge in [-0.3, -0.25) is 4.79 Å². The van der Waals surface area contributed by atoms with E-state index in [-0.39, 0.29) is 17.2 Å². The van der Waals surface area contributed by atoms with Crippen LogP contribution in [0.25, 0.3) is 16.7 Å². The Morgan fingerprint density at radius 2 is 1.87 bits per heavy atom. The van der Waals surface area contributed by atoms with Crippen molar-refractivity contribution in [3.8, 4) is 11.1 Å². The summed E-state index contributed by atoms with van der Waals surface area (Å²) in [5.41, 5.74) is 3.04. The lowest BCUT2D eigenvalue weighted by atomic mass is 9.82. The fourth-order valence-corrected chi connectivity index (χ4v) is 4.71.